The van der Waals surface area contributed by atoms with E-state index in [1.54, 1.807) is 11.3 Å². The van der Waals surface area contributed by atoms with Crippen molar-refractivity contribution in [3.05, 3.63) is 21.9 Å². The fourth-order valence-corrected chi connectivity index (χ4v) is 3.86. The van der Waals surface area contributed by atoms with Crippen molar-refractivity contribution in [3.63, 3.8) is 0 Å². The van der Waals surface area contributed by atoms with E-state index >= 15 is 0 Å². The number of aliphatic hydroxyl groups excluding tert-OH is 1. The lowest BCUT2D eigenvalue weighted by atomic mass is 9.76. The van der Waals surface area contributed by atoms with Crippen LogP contribution in [0.2, 0.25) is 0 Å². The Morgan fingerprint density at radius 2 is 2.11 bits per heavy atom. The molecule has 1 atom stereocenters. The van der Waals surface area contributed by atoms with Gasteiger partial charge in [0.15, 0.2) is 0 Å². The molecule has 3 heteroatoms. The number of rotatable bonds is 4. The predicted octanol–water partition coefficient (Wildman–Crippen LogP) is 4.08. The Hall–Kier alpha value is -0.380. The summed E-state index contributed by atoms with van der Waals surface area (Å²) < 4.78 is 6.00. The van der Waals surface area contributed by atoms with E-state index in [4.69, 9.17) is 4.74 Å². The van der Waals surface area contributed by atoms with Crippen molar-refractivity contribution in [2.45, 2.75) is 58.2 Å². The minimum absolute atomic E-state index is 0.349. The highest BCUT2D eigenvalue weighted by molar-refractivity contribution is 7.12. The van der Waals surface area contributed by atoms with Crippen LogP contribution < -0.4 is 0 Å². The average Bonchev–Trinajstić information content (AvgIpc) is 2.78. The largest absolute Gasteiger partial charge is 0.385 e. The zero-order valence-corrected chi connectivity index (χ0v) is 12.4. The molecule has 0 aromatic carbocycles. The molecule has 0 amide bonds. The number of thiophene rings is 1. The number of aryl methyl sites for hydroxylation is 1. The van der Waals surface area contributed by atoms with E-state index in [2.05, 4.69) is 19.9 Å². The van der Waals surface area contributed by atoms with Crippen LogP contribution in [0.25, 0.3) is 0 Å². The first kappa shape index (κ1) is 14.0. The van der Waals surface area contributed by atoms with Crippen molar-refractivity contribution in [1.29, 1.82) is 0 Å². The smallest absolute Gasteiger partial charge is 0.117 e. The molecule has 0 aliphatic heterocycles. The van der Waals surface area contributed by atoms with Crippen LogP contribution in [0.4, 0.5) is 0 Å². The summed E-state index contributed by atoms with van der Waals surface area (Å²) in [5, 5.41) is 10.7. The summed E-state index contributed by atoms with van der Waals surface area (Å²) in [6.45, 7) is 7.07. The third-order valence-corrected chi connectivity index (χ3v) is 5.13. The van der Waals surface area contributed by atoms with Crippen LogP contribution in [0.3, 0.4) is 0 Å². The third-order valence-electron chi connectivity index (χ3n) is 4.08. The molecule has 0 bridgehead atoms. The van der Waals surface area contributed by atoms with Gasteiger partial charge >= 0.3 is 0 Å². The van der Waals surface area contributed by atoms with Gasteiger partial charge in [0.1, 0.15) is 6.10 Å². The highest BCUT2D eigenvalue weighted by Crippen LogP contribution is 2.44. The van der Waals surface area contributed by atoms with Crippen LogP contribution in [-0.2, 0) is 4.74 Å². The summed E-state index contributed by atoms with van der Waals surface area (Å²) in [7, 11) is 0. The fraction of sp³-hybridized carbons (Fsp3) is 0.733. The first-order valence-electron chi connectivity index (χ1n) is 6.96. The van der Waals surface area contributed by atoms with Gasteiger partial charge in [0.2, 0.25) is 0 Å². The molecule has 1 aliphatic carbocycles. The Morgan fingerprint density at radius 3 is 2.61 bits per heavy atom. The minimum atomic E-state index is -0.469. The Morgan fingerprint density at radius 1 is 1.44 bits per heavy atom. The lowest BCUT2D eigenvalue weighted by molar-refractivity contribution is -0.145. The van der Waals surface area contributed by atoms with Crippen molar-refractivity contribution in [2.75, 3.05) is 6.61 Å². The Balaban J connectivity index is 2.18. The van der Waals surface area contributed by atoms with Crippen molar-refractivity contribution in [2.24, 2.45) is 5.92 Å². The van der Waals surface area contributed by atoms with Crippen molar-refractivity contribution >= 4 is 11.3 Å². The zero-order valence-electron chi connectivity index (χ0n) is 11.6. The maximum absolute atomic E-state index is 10.7. The molecule has 1 fully saturated rings. The predicted molar refractivity (Wildman–Crippen MR) is 76.0 cm³/mol. The Bertz CT molecular complexity index is 378. The van der Waals surface area contributed by atoms with Crippen molar-refractivity contribution in [1.82, 2.24) is 0 Å². The maximum atomic E-state index is 10.7. The van der Waals surface area contributed by atoms with Gasteiger partial charge in [-0.2, -0.15) is 0 Å². The molecule has 2 nitrogen and oxygen atoms in total. The normalized spacial score (nSPS) is 30.3. The number of hydrogen-bond acceptors (Lipinski definition) is 3. The van der Waals surface area contributed by atoms with Gasteiger partial charge in [-0.05, 0) is 57.6 Å². The number of aliphatic hydroxyl groups is 1. The quantitative estimate of drug-likeness (QED) is 0.891. The summed E-state index contributed by atoms with van der Waals surface area (Å²) in [4.78, 5) is 2.30. The van der Waals surface area contributed by atoms with Crippen LogP contribution in [-0.4, -0.2) is 17.3 Å². The molecule has 1 N–H and O–H groups in total. The van der Waals surface area contributed by atoms with Crippen LogP contribution in [0.5, 0.6) is 0 Å². The SMILES string of the molecule is CCOC1(C(O)c2ccc(C)s2)CCC(C)CC1. The van der Waals surface area contributed by atoms with Crippen LogP contribution in [0, 0.1) is 12.8 Å². The third kappa shape index (κ3) is 2.79. The molecule has 2 rings (SSSR count). The van der Waals surface area contributed by atoms with Crippen LogP contribution in [0.1, 0.15) is 55.4 Å². The van der Waals surface area contributed by atoms with Crippen molar-refractivity contribution < 1.29 is 9.84 Å². The lowest BCUT2D eigenvalue weighted by Gasteiger charge is -2.42. The summed E-state index contributed by atoms with van der Waals surface area (Å²) in [5.41, 5.74) is -0.349. The molecule has 0 spiro atoms. The second-order valence-corrected chi connectivity index (χ2v) is 6.85. The molecular weight excluding hydrogens is 244 g/mol. The standard InChI is InChI=1S/C15H24O2S/c1-4-17-15(9-7-11(2)8-10-15)14(16)13-6-5-12(3)18-13/h5-6,11,14,16H,4,7-10H2,1-3H3. The zero-order chi connectivity index (χ0) is 13.2. The average molecular weight is 268 g/mol. The Kier molecular flexibility index (Phi) is 4.46. The van der Waals surface area contributed by atoms with Gasteiger partial charge in [-0.1, -0.05) is 6.92 Å². The monoisotopic (exact) mass is 268 g/mol. The van der Waals surface area contributed by atoms with Gasteiger partial charge in [0.05, 0.1) is 5.60 Å². The first-order chi connectivity index (χ1) is 8.57. The molecule has 0 saturated heterocycles. The summed E-state index contributed by atoms with van der Waals surface area (Å²) in [6, 6.07) is 4.12. The van der Waals surface area contributed by atoms with Gasteiger partial charge in [0, 0.05) is 16.4 Å². The van der Waals surface area contributed by atoms with Gasteiger partial charge in [-0.25, -0.2) is 0 Å². The summed E-state index contributed by atoms with van der Waals surface area (Å²) >= 11 is 1.68. The molecule has 1 unspecified atom stereocenters. The van der Waals surface area contributed by atoms with E-state index in [-0.39, 0.29) is 5.60 Å². The molecule has 18 heavy (non-hydrogen) atoms. The van der Waals surface area contributed by atoms with E-state index in [1.165, 1.54) is 4.88 Å². The van der Waals surface area contributed by atoms with E-state index in [1.807, 2.05) is 13.0 Å². The van der Waals surface area contributed by atoms with E-state index in [0.29, 0.717) is 6.61 Å². The Labute approximate surface area is 114 Å². The molecule has 1 aromatic heterocycles. The maximum Gasteiger partial charge on any atom is 0.117 e. The van der Waals surface area contributed by atoms with E-state index in [9.17, 15) is 5.11 Å². The van der Waals surface area contributed by atoms with Crippen LogP contribution >= 0.6 is 11.3 Å². The van der Waals surface area contributed by atoms with Gasteiger partial charge in [0.25, 0.3) is 0 Å². The molecule has 1 saturated carbocycles. The lowest BCUT2D eigenvalue weighted by Crippen LogP contribution is -2.42. The molecular formula is C15H24O2S. The number of hydrogen-bond donors (Lipinski definition) is 1. The highest BCUT2D eigenvalue weighted by Gasteiger charge is 2.42. The van der Waals surface area contributed by atoms with Gasteiger partial charge in [-0.15, -0.1) is 11.3 Å². The molecule has 1 heterocycles. The summed E-state index contributed by atoms with van der Waals surface area (Å²) in [5.74, 6) is 0.760. The van der Waals surface area contributed by atoms with E-state index < -0.39 is 6.10 Å². The highest BCUT2D eigenvalue weighted by atomic mass is 32.1. The second kappa shape index (κ2) is 5.72. The number of ether oxygens (including phenoxy) is 1. The summed E-state index contributed by atoms with van der Waals surface area (Å²) in [6.07, 6.45) is 3.78. The molecule has 102 valence electrons. The molecule has 1 aromatic rings. The van der Waals surface area contributed by atoms with Crippen molar-refractivity contribution in [3.8, 4) is 0 Å². The molecule has 0 radical (unpaired) electrons. The van der Waals surface area contributed by atoms with E-state index in [0.717, 1.165) is 36.5 Å². The van der Waals surface area contributed by atoms with Gasteiger partial charge in [-0.3, -0.25) is 0 Å². The molecule has 1 aliphatic rings. The minimum Gasteiger partial charge on any atom is -0.385 e. The fourth-order valence-electron chi connectivity index (χ4n) is 2.89. The second-order valence-electron chi connectivity index (χ2n) is 5.53. The first-order valence-corrected chi connectivity index (χ1v) is 7.77. The van der Waals surface area contributed by atoms with Gasteiger partial charge < -0.3 is 9.84 Å². The van der Waals surface area contributed by atoms with Crippen LogP contribution in [0.15, 0.2) is 12.1 Å². The topological polar surface area (TPSA) is 29.5 Å².